The number of aliphatic hydroxyl groups is 1. The van der Waals surface area contributed by atoms with Crippen molar-refractivity contribution in [3.63, 3.8) is 0 Å². The molecule has 0 saturated heterocycles. The fourth-order valence-corrected chi connectivity index (χ4v) is 1.96. The number of ether oxygens (including phenoxy) is 1. The van der Waals surface area contributed by atoms with Crippen molar-refractivity contribution < 1.29 is 14.6 Å². The van der Waals surface area contributed by atoms with E-state index < -0.39 is 0 Å². The zero-order valence-electron chi connectivity index (χ0n) is 9.40. The zero-order chi connectivity index (χ0) is 11.6. The van der Waals surface area contributed by atoms with E-state index in [0.29, 0.717) is 5.56 Å². The molecule has 3 nitrogen and oxygen atoms in total. The molecule has 16 heavy (non-hydrogen) atoms. The van der Waals surface area contributed by atoms with Crippen molar-refractivity contribution in [1.29, 1.82) is 0 Å². The van der Waals surface area contributed by atoms with Crippen LogP contribution in [0.3, 0.4) is 0 Å². The van der Waals surface area contributed by atoms with Crippen LogP contribution in [0.2, 0.25) is 0 Å². The fourth-order valence-electron chi connectivity index (χ4n) is 1.96. The predicted octanol–water partition coefficient (Wildman–Crippen LogP) is 1.79. The molecule has 1 N–H and O–H groups in total. The van der Waals surface area contributed by atoms with Gasteiger partial charge in [-0.2, -0.15) is 0 Å². The molecule has 1 saturated carbocycles. The Morgan fingerprint density at radius 1 is 1.44 bits per heavy atom. The quantitative estimate of drug-likeness (QED) is 0.787. The molecule has 3 heteroatoms. The topological polar surface area (TPSA) is 46.5 Å². The van der Waals surface area contributed by atoms with E-state index in [2.05, 4.69) is 0 Å². The van der Waals surface area contributed by atoms with E-state index in [9.17, 15) is 9.90 Å². The van der Waals surface area contributed by atoms with Gasteiger partial charge in [0.2, 0.25) is 0 Å². The fraction of sp³-hybridized carbons (Fsp3) is 0.462. The first-order chi connectivity index (χ1) is 7.71. The van der Waals surface area contributed by atoms with Crippen molar-refractivity contribution in [3.05, 3.63) is 35.4 Å². The average molecular weight is 220 g/mol. The van der Waals surface area contributed by atoms with Crippen LogP contribution in [-0.4, -0.2) is 24.8 Å². The molecule has 1 aromatic carbocycles. The number of benzene rings is 1. The first kappa shape index (κ1) is 11.1. The molecule has 0 spiro atoms. The number of methoxy groups -OCH3 is 1. The van der Waals surface area contributed by atoms with Gasteiger partial charge in [-0.3, -0.25) is 0 Å². The Morgan fingerprint density at radius 3 is 2.69 bits per heavy atom. The van der Waals surface area contributed by atoms with Gasteiger partial charge < -0.3 is 9.84 Å². The van der Waals surface area contributed by atoms with Gasteiger partial charge in [0.15, 0.2) is 0 Å². The first-order valence-corrected chi connectivity index (χ1v) is 5.48. The number of hydrogen-bond donors (Lipinski definition) is 1. The van der Waals surface area contributed by atoms with Gasteiger partial charge in [-0.25, -0.2) is 4.79 Å². The van der Waals surface area contributed by atoms with E-state index in [0.717, 1.165) is 24.8 Å². The maximum absolute atomic E-state index is 11.5. The smallest absolute Gasteiger partial charge is 0.338 e. The van der Waals surface area contributed by atoms with Crippen LogP contribution in [0.4, 0.5) is 0 Å². The van der Waals surface area contributed by atoms with E-state index in [1.807, 2.05) is 18.2 Å². The maximum atomic E-state index is 11.5. The highest BCUT2D eigenvalue weighted by Gasteiger charge is 2.42. The lowest BCUT2D eigenvalue weighted by molar-refractivity contribution is 0.0598. The summed E-state index contributed by atoms with van der Waals surface area (Å²) < 4.78 is 4.74. The standard InChI is InChI=1S/C13H16O3/c1-16-12(15)11-5-3-2-4-10(11)8-13(9-14)6-7-13/h2-5,14H,6-9H2,1H3. The number of carbonyl (C=O) groups is 1. The highest BCUT2D eigenvalue weighted by Crippen LogP contribution is 2.48. The second-order valence-electron chi connectivity index (χ2n) is 4.48. The molecule has 86 valence electrons. The summed E-state index contributed by atoms with van der Waals surface area (Å²) >= 11 is 0. The van der Waals surface area contributed by atoms with E-state index in [1.165, 1.54) is 7.11 Å². The minimum Gasteiger partial charge on any atom is -0.465 e. The Hall–Kier alpha value is -1.35. The van der Waals surface area contributed by atoms with E-state index in [1.54, 1.807) is 6.07 Å². The molecule has 0 radical (unpaired) electrons. The molecule has 0 heterocycles. The van der Waals surface area contributed by atoms with Crippen molar-refractivity contribution in [3.8, 4) is 0 Å². The van der Waals surface area contributed by atoms with Crippen molar-refractivity contribution in [2.75, 3.05) is 13.7 Å². The third-order valence-electron chi connectivity index (χ3n) is 3.28. The summed E-state index contributed by atoms with van der Waals surface area (Å²) in [5.74, 6) is -0.302. The molecule has 1 fully saturated rings. The summed E-state index contributed by atoms with van der Waals surface area (Å²) in [6.07, 6.45) is 2.84. The molecular formula is C13H16O3. The molecule has 1 aromatic rings. The minimum atomic E-state index is -0.302. The number of hydrogen-bond acceptors (Lipinski definition) is 3. The van der Waals surface area contributed by atoms with Gasteiger partial charge in [0.05, 0.1) is 12.7 Å². The van der Waals surface area contributed by atoms with Crippen LogP contribution in [0.5, 0.6) is 0 Å². The number of rotatable bonds is 4. The van der Waals surface area contributed by atoms with E-state index >= 15 is 0 Å². The van der Waals surface area contributed by atoms with E-state index in [4.69, 9.17) is 4.74 Å². The minimum absolute atomic E-state index is 0.0180. The lowest BCUT2D eigenvalue weighted by atomic mass is 9.94. The van der Waals surface area contributed by atoms with Crippen LogP contribution >= 0.6 is 0 Å². The average Bonchev–Trinajstić information content (AvgIpc) is 3.09. The Kier molecular flexibility index (Phi) is 2.97. The molecule has 0 unspecified atom stereocenters. The molecule has 0 amide bonds. The lowest BCUT2D eigenvalue weighted by Gasteiger charge is -2.13. The van der Waals surface area contributed by atoms with Gasteiger partial charge >= 0.3 is 5.97 Å². The first-order valence-electron chi connectivity index (χ1n) is 5.48. The van der Waals surface area contributed by atoms with Gasteiger partial charge in [-0.1, -0.05) is 18.2 Å². The summed E-state index contributed by atoms with van der Waals surface area (Å²) in [7, 11) is 1.39. The van der Waals surface area contributed by atoms with Crippen molar-refractivity contribution in [2.24, 2.45) is 5.41 Å². The van der Waals surface area contributed by atoms with Crippen LogP contribution in [0.25, 0.3) is 0 Å². The van der Waals surface area contributed by atoms with Gasteiger partial charge in [0, 0.05) is 6.61 Å². The lowest BCUT2D eigenvalue weighted by Crippen LogP contribution is -2.14. The summed E-state index contributed by atoms with van der Waals surface area (Å²) in [6.45, 7) is 0.197. The van der Waals surface area contributed by atoms with Gasteiger partial charge in [-0.15, -0.1) is 0 Å². The number of carbonyl (C=O) groups excluding carboxylic acids is 1. The number of aliphatic hydroxyl groups excluding tert-OH is 1. The molecular weight excluding hydrogens is 204 g/mol. The Morgan fingerprint density at radius 2 is 2.12 bits per heavy atom. The normalized spacial score (nSPS) is 16.9. The maximum Gasteiger partial charge on any atom is 0.338 e. The Labute approximate surface area is 95.0 Å². The highest BCUT2D eigenvalue weighted by atomic mass is 16.5. The third kappa shape index (κ3) is 2.09. The van der Waals surface area contributed by atoms with E-state index in [-0.39, 0.29) is 18.0 Å². The molecule has 1 aliphatic rings. The van der Waals surface area contributed by atoms with Gasteiger partial charge in [0.25, 0.3) is 0 Å². The monoisotopic (exact) mass is 220 g/mol. The van der Waals surface area contributed by atoms with Crippen LogP contribution in [0.15, 0.2) is 24.3 Å². The van der Waals surface area contributed by atoms with Crippen molar-refractivity contribution >= 4 is 5.97 Å². The van der Waals surface area contributed by atoms with Crippen LogP contribution in [0, 0.1) is 5.41 Å². The Balaban J connectivity index is 2.23. The van der Waals surface area contributed by atoms with Crippen LogP contribution < -0.4 is 0 Å². The Bertz CT molecular complexity index is 394. The summed E-state index contributed by atoms with van der Waals surface area (Å²) in [6, 6.07) is 7.44. The summed E-state index contributed by atoms with van der Waals surface area (Å²) in [4.78, 5) is 11.5. The molecule has 0 aliphatic heterocycles. The second-order valence-corrected chi connectivity index (χ2v) is 4.48. The van der Waals surface area contributed by atoms with Crippen LogP contribution in [0.1, 0.15) is 28.8 Å². The summed E-state index contributed by atoms with van der Waals surface area (Å²) in [5.41, 5.74) is 1.61. The molecule has 0 bridgehead atoms. The van der Waals surface area contributed by atoms with Gasteiger partial charge in [-0.05, 0) is 36.3 Å². The summed E-state index contributed by atoms with van der Waals surface area (Å²) in [5, 5.41) is 9.29. The SMILES string of the molecule is COC(=O)c1ccccc1CC1(CO)CC1. The van der Waals surface area contributed by atoms with Crippen LogP contribution in [-0.2, 0) is 11.2 Å². The second kappa shape index (κ2) is 4.26. The molecule has 1 aliphatic carbocycles. The highest BCUT2D eigenvalue weighted by molar-refractivity contribution is 5.91. The van der Waals surface area contributed by atoms with Crippen molar-refractivity contribution in [1.82, 2.24) is 0 Å². The van der Waals surface area contributed by atoms with Gasteiger partial charge in [0.1, 0.15) is 0 Å². The molecule has 2 rings (SSSR count). The molecule has 0 aromatic heterocycles. The zero-order valence-corrected chi connectivity index (χ0v) is 9.40. The molecule has 0 atom stereocenters. The number of esters is 1. The third-order valence-corrected chi connectivity index (χ3v) is 3.28. The predicted molar refractivity (Wildman–Crippen MR) is 60.2 cm³/mol. The van der Waals surface area contributed by atoms with Crippen molar-refractivity contribution in [2.45, 2.75) is 19.3 Å². The largest absolute Gasteiger partial charge is 0.465 e.